The van der Waals surface area contributed by atoms with Crippen molar-refractivity contribution in [2.45, 2.75) is 37.4 Å². The number of rotatable bonds is 7. The highest BCUT2D eigenvalue weighted by Gasteiger charge is 2.34. The summed E-state index contributed by atoms with van der Waals surface area (Å²) in [5.41, 5.74) is -1.86. The first kappa shape index (κ1) is 22.4. The number of nitrogens with one attached hydrogen (secondary N) is 1. The van der Waals surface area contributed by atoms with Crippen LogP contribution in [-0.2, 0) is 14.9 Å². The standard InChI is InChI=1S/C22H27ClFN7O4S/c1-29(19-4-3-16(11-25)12-26-19)36(33,34)30-8-5-17(6-9-30)31-21(32)20(23)18(13-28-31)27-14-22(24)7-2-10-35-15-22/h3-4,12-13,17,27H,2,5-10,14-15H2,1H3/t22-/m0/s1/i1D3. The van der Waals surface area contributed by atoms with Crippen molar-refractivity contribution in [2.75, 3.05) is 49.4 Å². The lowest BCUT2D eigenvalue weighted by Gasteiger charge is -2.34. The number of halogens is 2. The van der Waals surface area contributed by atoms with Gasteiger partial charge in [-0.15, -0.1) is 0 Å². The van der Waals surface area contributed by atoms with Gasteiger partial charge in [-0.2, -0.15) is 23.1 Å². The molecule has 2 aliphatic heterocycles. The van der Waals surface area contributed by atoms with Crippen molar-refractivity contribution in [2.24, 2.45) is 0 Å². The minimum absolute atomic E-state index is 0.0515. The third kappa shape index (κ3) is 5.46. The van der Waals surface area contributed by atoms with E-state index >= 15 is 0 Å². The Kier molecular flexibility index (Phi) is 6.65. The number of aromatic nitrogens is 3. The molecule has 2 aromatic rings. The number of anilines is 2. The minimum atomic E-state index is -4.54. The van der Waals surface area contributed by atoms with Crippen molar-refractivity contribution < 1.29 is 21.7 Å². The average Bonchev–Trinajstić information content (AvgIpc) is 2.89. The van der Waals surface area contributed by atoms with E-state index in [0.29, 0.717) is 19.4 Å². The van der Waals surface area contributed by atoms with Crippen molar-refractivity contribution >= 4 is 33.3 Å². The maximum absolute atomic E-state index is 14.8. The lowest BCUT2D eigenvalue weighted by Crippen LogP contribution is -2.47. The fraction of sp³-hybridized carbons (Fsp3) is 0.545. The van der Waals surface area contributed by atoms with Crippen LogP contribution in [0, 0.1) is 11.3 Å². The second-order valence-corrected chi connectivity index (χ2v) is 10.9. The van der Waals surface area contributed by atoms with Crippen LogP contribution in [0.3, 0.4) is 0 Å². The van der Waals surface area contributed by atoms with Gasteiger partial charge in [0.1, 0.15) is 16.9 Å². The first-order chi connectivity index (χ1) is 18.4. The number of pyridine rings is 1. The number of ether oxygens (including phenoxy) is 1. The van der Waals surface area contributed by atoms with E-state index in [2.05, 4.69) is 15.4 Å². The highest BCUT2D eigenvalue weighted by molar-refractivity contribution is 7.90. The van der Waals surface area contributed by atoms with E-state index in [1.807, 2.05) is 6.07 Å². The molecule has 14 heteroatoms. The molecule has 4 rings (SSSR count). The molecule has 0 aliphatic carbocycles. The van der Waals surface area contributed by atoms with E-state index in [0.717, 1.165) is 21.3 Å². The molecular weight excluding hydrogens is 513 g/mol. The molecule has 0 saturated carbocycles. The Balaban J connectivity index is 1.46. The molecule has 2 fully saturated rings. The molecule has 0 radical (unpaired) electrons. The third-order valence-corrected chi connectivity index (χ3v) is 8.26. The van der Waals surface area contributed by atoms with Gasteiger partial charge in [-0.1, -0.05) is 11.6 Å². The van der Waals surface area contributed by atoms with Gasteiger partial charge in [-0.25, -0.2) is 18.4 Å². The van der Waals surface area contributed by atoms with Crippen LogP contribution < -0.4 is 15.2 Å². The van der Waals surface area contributed by atoms with Gasteiger partial charge < -0.3 is 10.1 Å². The van der Waals surface area contributed by atoms with Crippen LogP contribution >= 0.6 is 11.6 Å². The predicted octanol–water partition coefficient (Wildman–Crippen LogP) is 2.11. The maximum atomic E-state index is 14.8. The third-order valence-electron chi connectivity index (χ3n) is 6.22. The maximum Gasteiger partial charge on any atom is 0.305 e. The molecule has 0 bridgehead atoms. The van der Waals surface area contributed by atoms with Crippen LogP contribution in [0.5, 0.6) is 0 Å². The number of piperidine rings is 1. The predicted molar refractivity (Wildman–Crippen MR) is 132 cm³/mol. The molecule has 0 unspecified atom stereocenters. The van der Waals surface area contributed by atoms with Crippen LogP contribution in [0.2, 0.25) is 5.02 Å². The molecule has 1 N–H and O–H groups in total. The highest BCUT2D eigenvalue weighted by Crippen LogP contribution is 2.28. The summed E-state index contributed by atoms with van der Waals surface area (Å²) < 4.78 is 72.6. The van der Waals surface area contributed by atoms with Gasteiger partial charge in [0.15, 0.2) is 5.67 Å². The van der Waals surface area contributed by atoms with E-state index in [1.165, 1.54) is 12.3 Å². The van der Waals surface area contributed by atoms with Crippen molar-refractivity contribution in [3.63, 3.8) is 0 Å². The van der Waals surface area contributed by atoms with E-state index in [4.69, 9.17) is 25.7 Å². The Bertz CT molecular complexity index is 1390. The second-order valence-electron chi connectivity index (χ2n) is 8.70. The van der Waals surface area contributed by atoms with Crippen LogP contribution in [0.15, 0.2) is 29.3 Å². The molecule has 2 aromatic heterocycles. The van der Waals surface area contributed by atoms with Crippen LogP contribution in [0.1, 0.15) is 41.4 Å². The monoisotopic (exact) mass is 542 g/mol. The quantitative estimate of drug-likeness (QED) is 0.562. The molecule has 36 heavy (non-hydrogen) atoms. The van der Waals surface area contributed by atoms with Gasteiger partial charge in [0, 0.05) is 37.0 Å². The fourth-order valence-corrected chi connectivity index (χ4v) is 5.61. The summed E-state index contributed by atoms with van der Waals surface area (Å²) in [7, 11) is -4.54. The largest absolute Gasteiger partial charge is 0.379 e. The second kappa shape index (κ2) is 10.7. The van der Waals surface area contributed by atoms with E-state index in [1.54, 1.807) is 0 Å². The molecule has 2 saturated heterocycles. The summed E-state index contributed by atoms with van der Waals surface area (Å²) in [6.07, 6.45) is 3.66. The van der Waals surface area contributed by atoms with Crippen molar-refractivity contribution in [3.05, 3.63) is 45.5 Å². The molecular formula is C22H27ClFN7O4S. The Labute approximate surface area is 217 Å². The zero-order valence-corrected chi connectivity index (χ0v) is 20.8. The van der Waals surface area contributed by atoms with Gasteiger partial charge >= 0.3 is 10.2 Å². The Morgan fingerprint density at radius 2 is 2.19 bits per heavy atom. The van der Waals surface area contributed by atoms with Gasteiger partial charge in [0.2, 0.25) is 0 Å². The number of alkyl halides is 1. The number of hydrogen-bond acceptors (Lipinski definition) is 8. The van der Waals surface area contributed by atoms with Crippen molar-refractivity contribution in [1.82, 2.24) is 19.1 Å². The van der Waals surface area contributed by atoms with Crippen LogP contribution in [0.25, 0.3) is 0 Å². The van der Waals surface area contributed by atoms with E-state index in [-0.39, 0.29) is 65.5 Å². The van der Waals surface area contributed by atoms with E-state index in [9.17, 15) is 17.6 Å². The van der Waals surface area contributed by atoms with E-state index < -0.39 is 34.5 Å². The Hall–Kier alpha value is -2.79. The first-order valence-electron chi connectivity index (χ1n) is 12.8. The average molecular weight is 543 g/mol. The summed E-state index contributed by atoms with van der Waals surface area (Å²) in [5, 5.41) is 15.8. The zero-order chi connectivity index (χ0) is 28.4. The number of nitriles is 1. The van der Waals surface area contributed by atoms with Crippen LogP contribution in [0.4, 0.5) is 15.9 Å². The minimum Gasteiger partial charge on any atom is -0.379 e. The molecule has 4 heterocycles. The van der Waals surface area contributed by atoms with Crippen molar-refractivity contribution in [1.29, 1.82) is 5.26 Å². The summed E-state index contributed by atoms with van der Waals surface area (Å²) in [6, 6.07) is 3.78. The molecule has 2 aliphatic rings. The summed E-state index contributed by atoms with van der Waals surface area (Å²) in [5.74, 6) is -0.348. The Morgan fingerprint density at radius 1 is 1.42 bits per heavy atom. The number of hydrogen-bond donors (Lipinski definition) is 1. The first-order valence-corrected chi connectivity index (χ1v) is 13.1. The summed E-state index contributed by atoms with van der Waals surface area (Å²) in [6.45, 7) is -2.90. The summed E-state index contributed by atoms with van der Waals surface area (Å²) >= 11 is 6.27. The summed E-state index contributed by atoms with van der Waals surface area (Å²) in [4.78, 5) is 16.8. The van der Waals surface area contributed by atoms with Crippen LogP contribution in [-0.4, -0.2) is 73.0 Å². The van der Waals surface area contributed by atoms with Gasteiger partial charge in [-0.3, -0.25) is 4.79 Å². The lowest BCUT2D eigenvalue weighted by atomic mass is 9.99. The van der Waals surface area contributed by atoms with Gasteiger partial charge in [-0.05, 0) is 37.8 Å². The molecule has 11 nitrogen and oxygen atoms in total. The molecule has 1 atom stereocenters. The lowest BCUT2D eigenvalue weighted by molar-refractivity contribution is -0.0234. The number of nitrogens with zero attached hydrogens (tertiary/aromatic N) is 6. The Morgan fingerprint density at radius 3 is 2.81 bits per heavy atom. The fourth-order valence-electron chi connectivity index (χ4n) is 4.16. The normalized spacial score (nSPS) is 23.2. The zero-order valence-electron chi connectivity index (χ0n) is 22.2. The topological polar surface area (TPSA) is 133 Å². The highest BCUT2D eigenvalue weighted by atomic mass is 35.5. The molecule has 0 aromatic carbocycles. The van der Waals surface area contributed by atoms with Gasteiger partial charge in [0.05, 0.1) is 36.6 Å². The molecule has 0 amide bonds. The van der Waals surface area contributed by atoms with Gasteiger partial charge in [0.25, 0.3) is 5.56 Å². The smallest absolute Gasteiger partial charge is 0.305 e. The molecule has 0 spiro atoms. The molecule has 194 valence electrons. The SMILES string of the molecule is [2H]C([2H])([2H])N(c1ccc(C#N)cn1)S(=O)(=O)N1CCC(n2ncc(NC[C@@]3(F)CCCOC3)c(Cl)c2=O)CC1. The van der Waals surface area contributed by atoms with Crippen molar-refractivity contribution in [3.8, 4) is 6.07 Å².